The molecular formula is C14H19ClN2OS. The van der Waals surface area contributed by atoms with E-state index in [4.69, 9.17) is 11.6 Å². The molecule has 1 N–H and O–H groups in total. The van der Waals surface area contributed by atoms with Gasteiger partial charge in [-0.2, -0.15) is 11.8 Å². The molecule has 0 aromatic carbocycles. The lowest BCUT2D eigenvalue weighted by Crippen LogP contribution is -2.33. The number of aryl methyl sites for hydroxylation is 1. The van der Waals surface area contributed by atoms with Gasteiger partial charge in [0.15, 0.2) is 0 Å². The maximum absolute atomic E-state index is 12.2. The third kappa shape index (κ3) is 4.11. The minimum absolute atomic E-state index is 0.0421. The molecule has 2 atom stereocenters. The van der Waals surface area contributed by atoms with Gasteiger partial charge in [0.2, 0.25) is 0 Å². The van der Waals surface area contributed by atoms with Gasteiger partial charge in [0.05, 0.1) is 0 Å². The van der Waals surface area contributed by atoms with Crippen molar-refractivity contribution < 1.29 is 4.79 Å². The first kappa shape index (κ1) is 14.7. The number of nitrogens with zero attached hydrogens (tertiary/aromatic N) is 1. The molecule has 0 radical (unpaired) electrons. The lowest BCUT2D eigenvalue weighted by molar-refractivity contribution is 0.0938. The number of carbonyl (C=O) groups excluding carboxylic acids is 1. The predicted molar refractivity (Wildman–Crippen MR) is 81.0 cm³/mol. The van der Waals surface area contributed by atoms with Gasteiger partial charge in [-0.05, 0) is 44.1 Å². The molecule has 1 aromatic rings. The van der Waals surface area contributed by atoms with Crippen molar-refractivity contribution in [2.45, 2.75) is 44.4 Å². The van der Waals surface area contributed by atoms with Gasteiger partial charge in [-0.1, -0.05) is 18.5 Å². The standard InChI is InChI=1S/C14H19ClN2OS/c1-3-19-12-5-4-11(8-12)17-14(18)10-6-9(2)16-13(15)7-10/h6-7,11-12H,3-5,8H2,1-2H3,(H,17,18). The van der Waals surface area contributed by atoms with Crippen LogP contribution in [-0.2, 0) is 0 Å². The SMILES string of the molecule is CCSC1CCC(NC(=O)c2cc(C)nc(Cl)c2)C1. The van der Waals surface area contributed by atoms with Crippen LogP contribution in [0.2, 0.25) is 5.15 Å². The molecule has 1 fully saturated rings. The van der Waals surface area contributed by atoms with E-state index in [1.165, 1.54) is 6.42 Å². The van der Waals surface area contributed by atoms with Crippen LogP contribution in [0.5, 0.6) is 0 Å². The van der Waals surface area contributed by atoms with Gasteiger partial charge >= 0.3 is 0 Å². The molecular weight excluding hydrogens is 280 g/mol. The molecule has 0 saturated heterocycles. The maximum Gasteiger partial charge on any atom is 0.251 e. The fourth-order valence-corrected chi connectivity index (χ4v) is 3.88. The number of hydrogen-bond donors (Lipinski definition) is 1. The van der Waals surface area contributed by atoms with Crippen molar-refractivity contribution in [1.82, 2.24) is 10.3 Å². The third-order valence-electron chi connectivity index (χ3n) is 3.31. The van der Waals surface area contributed by atoms with E-state index in [1.54, 1.807) is 12.1 Å². The van der Waals surface area contributed by atoms with E-state index in [1.807, 2.05) is 18.7 Å². The van der Waals surface area contributed by atoms with Crippen molar-refractivity contribution in [3.8, 4) is 0 Å². The van der Waals surface area contributed by atoms with Crippen molar-refractivity contribution in [1.29, 1.82) is 0 Å². The van der Waals surface area contributed by atoms with Gasteiger partial charge in [0.1, 0.15) is 5.15 Å². The molecule has 2 rings (SSSR count). The zero-order valence-corrected chi connectivity index (χ0v) is 12.9. The molecule has 1 amide bonds. The molecule has 1 heterocycles. The minimum Gasteiger partial charge on any atom is -0.349 e. The summed E-state index contributed by atoms with van der Waals surface area (Å²) in [6, 6.07) is 3.69. The van der Waals surface area contributed by atoms with E-state index < -0.39 is 0 Å². The third-order valence-corrected chi connectivity index (χ3v) is 4.73. The van der Waals surface area contributed by atoms with E-state index in [9.17, 15) is 4.79 Å². The summed E-state index contributed by atoms with van der Waals surface area (Å²) in [4.78, 5) is 16.2. The highest BCUT2D eigenvalue weighted by molar-refractivity contribution is 7.99. The predicted octanol–water partition coefficient (Wildman–Crippen LogP) is 3.45. The molecule has 0 aliphatic heterocycles. The lowest BCUT2D eigenvalue weighted by Gasteiger charge is -2.13. The van der Waals surface area contributed by atoms with Crippen molar-refractivity contribution in [2.75, 3.05) is 5.75 Å². The first-order chi connectivity index (χ1) is 9.08. The van der Waals surface area contributed by atoms with Crippen molar-refractivity contribution in [2.24, 2.45) is 0 Å². The zero-order chi connectivity index (χ0) is 13.8. The first-order valence-electron chi connectivity index (χ1n) is 6.65. The molecule has 3 nitrogen and oxygen atoms in total. The number of thioether (sulfide) groups is 1. The number of rotatable bonds is 4. The number of nitrogens with one attached hydrogen (secondary N) is 1. The normalized spacial score (nSPS) is 22.5. The summed E-state index contributed by atoms with van der Waals surface area (Å²) in [5.41, 5.74) is 1.37. The molecule has 0 bridgehead atoms. The Morgan fingerprint density at radius 1 is 1.53 bits per heavy atom. The highest BCUT2D eigenvalue weighted by Crippen LogP contribution is 2.29. The lowest BCUT2D eigenvalue weighted by atomic mass is 10.2. The van der Waals surface area contributed by atoms with Crippen LogP contribution in [0.4, 0.5) is 0 Å². The molecule has 0 spiro atoms. The summed E-state index contributed by atoms with van der Waals surface area (Å²) >= 11 is 7.87. The monoisotopic (exact) mass is 298 g/mol. The van der Waals surface area contributed by atoms with Crippen LogP contribution >= 0.6 is 23.4 Å². The number of carbonyl (C=O) groups is 1. The van der Waals surface area contributed by atoms with Crippen molar-refractivity contribution >= 4 is 29.3 Å². The minimum atomic E-state index is -0.0421. The summed E-state index contributed by atoms with van der Waals surface area (Å²) in [7, 11) is 0. The van der Waals surface area contributed by atoms with Crippen LogP contribution < -0.4 is 5.32 Å². The van der Waals surface area contributed by atoms with Crippen LogP contribution in [0, 0.1) is 6.92 Å². The number of amides is 1. The molecule has 5 heteroatoms. The Bertz CT molecular complexity index is 447. The summed E-state index contributed by atoms with van der Waals surface area (Å²) in [5, 5.41) is 4.16. The fraction of sp³-hybridized carbons (Fsp3) is 0.571. The molecule has 1 aromatic heterocycles. The average molecular weight is 299 g/mol. The fourth-order valence-electron chi connectivity index (χ4n) is 2.49. The number of hydrogen-bond acceptors (Lipinski definition) is 3. The first-order valence-corrected chi connectivity index (χ1v) is 8.07. The molecule has 1 saturated carbocycles. The topological polar surface area (TPSA) is 42.0 Å². The van der Waals surface area contributed by atoms with Gasteiger partial charge in [-0.15, -0.1) is 0 Å². The van der Waals surface area contributed by atoms with Gasteiger partial charge < -0.3 is 5.32 Å². The van der Waals surface area contributed by atoms with E-state index in [2.05, 4.69) is 17.2 Å². The summed E-state index contributed by atoms with van der Waals surface area (Å²) in [6.45, 7) is 4.02. The zero-order valence-electron chi connectivity index (χ0n) is 11.3. The van der Waals surface area contributed by atoms with Crippen LogP contribution in [0.15, 0.2) is 12.1 Å². The summed E-state index contributed by atoms with van der Waals surface area (Å²) in [5.74, 6) is 1.10. The van der Waals surface area contributed by atoms with Gasteiger partial charge in [0, 0.05) is 22.5 Å². The number of halogens is 1. The Morgan fingerprint density at radius 2 is 2.32 bits per heavy atom. The average Bonchev–Trinajstić information content (AvgIpc) is 2.76. The smallest absolute Gasteiger partial charge is 0.251 e. The Hall–Kier alpha value is -0.740. The second kappa shape index (κ2) is 6.62. The van der Waals surface area contributed by atoms with Crippen LogP contribution in [-0.4, -0.2) is 27.9 Å². The Labute approximate surface area is 123 Å². The second-order valence-electron chi connectivity index (χ2n) is 4.88. The quantitative estimate of drug-likeness (QED) is 0.866. The van der Waals surface area contributed by atoms with Gasteiger partial charge in [-0.25, -0.2) is 4.98 Å². The molecule has 2 unspecified atom stereocenters. The van der Waals surface area contributed by atoms with Crippen LogP contribution in [0.1, 0.15) is 42.2 Å². The molecule has 104 valence electrons. The van der Waals surface area contributed by atoms with Gasteiger partial charge in [0.25, 0.3) is 5.91 Å². The summed E-state index contributed by atoms with van der Waals surface area (Å²) in [6.07, 6.45) is 3.34. The van der Waals surface area contributed by atoms with Crippen LogP contribution in [0.3, 0.4) is 0 Å². The molecule has 1 aliphatic rings. The highest BCUT2D eigenvalue weighted by atomic mass is 35.5. The highest BCUT2D eigenvalue weighted by Gasteiger charge is 2.26. The van der Waals surface area contributed by atoms with Gasteiger partial charge in [-0.3, -0.25) is 4.79 Å². The van der Waals surface area contributed by atoms with Crippen molar-refractivity contribution in [3.05, 3.63) is 28.5 Å². The largest absolute Gasteiger partial charge is 0.349 e. The summed E-state index contributed by atoms with van der Waals surface area (Å²) < 4.78 is 0. The van der Waals surface area contributed by atoms with Crippen molar-refractivity contribution in [3.63, 3.8) is 0 Å². The van der Waals surface area contributed by atoms with E-state index in [0.717, 1.165) is 24.3 Å². The van der Waals surface area contributed by atoms with E-state index in [0.29, 0.717) is 22.0 Å². The number of aromatic nitrogens is 1. The second-order valence-corrected chi connectivity index (χ2v) is 6.85. The number of pyridine rings is 1. The van der Waals surface area contributed by atoms with Crippen LogP contribution in [0.25, 0.3) is 0 Å². The Kier molecular flexibility index (Phi) is 5.11. The Morgan fingerprint density at radius 3 is 3.00 bits per heavy atom. The Balaban J connectivity index is 1.94. The molecule has 1 aliphatic carbocycles. The maximum atomic E-state index is 12.2. The van der Waals surface area contributed by atoms with E-state index >= 15 is 0 Å². The molecule has 19 heavy (non-hydrogen) atoms. The van der Waals surface area contributed by atoms with E-state index in [-0.39, 0.29) is 5.91 Å².